The Morgan fingerprint density at radius 1 is 1.20 bits per heavy atom. The summed E-state index contributed by atoms with van der Waals surface area (Å²) in [5, 5.41) is 2.53. The molecule has 110 valence electrons. The average Bonchev–Trinajstić information content (AvgIpc) is 2.32. The Kier molecular flexibility index (Phi) is 5.01. The highest BCUT2D eigenvalue weighted by Crippen LogP contribution is 2.17. The number of hydrogen-bond donors (Lipinski definition) is 2. The normalized spacial score (nSPS) is 12.1. The summed E-state index contributed by atoms with van der Waals surface area (Å²) < 4.78 is 31.5. The third-order valence-electron chi connectivity index (χ3n) is 2.39. The van der Waals surface area contributed by atoms with Crippen molar-refractivity contribution in [1.29, 1.82) is 0 Å². The molecule has 0 saturated heterocycles. The minimum absolute atomic E-state index is 0.130. The largest absolute Gasteiger partial charge is 0.449 e. The van der Waals surface area contributed by atoms with E-state index in [2.05, 4.69) is 5.32 Å². The Labute approximate surface area is 115 Å². The minimum atomic E-state index is -1.13. The van der Waals surface area contributed by atoms with Gasteiger partial charge in [-0.15, -0.1) is 0 Å². The quantitative estimate of drug-likeness (QED) is 0.651. The lowest BCUT2D eigenvalue weighted by Gasteiger charge is -2.15. The summed E-state index contributed by atoms with van der Waals surface area (Å²) in [5.74, 6) is -3.60. The monoisotopic (exact) mass is 286 g/mol. The van der Waals surface area contributed by atoms with Gasteiger partial charge in [0.05, 0.1) is 11.3 Å². The fraction of sp³-hybridized carbons (Fsp3) is 0.385. The molecule has 0 bridgehead atoms. The molecule has 0 spiro atoms. The number of nitrogen functional groups attached to an aromatic ring is 1. The second-order valence-corrected chi connectivity index (χ2v) is 4.56. The summed E-state index contributed by atoms with van der Waals surface area (Å²) in [6.07, 6.45) is -1.12. The van der Waals surface area contributed by atoms with Crippen LogP contribution in [-0.4, -0.2) is 24.0 Å². The molecule has 0 aliphatic carbocycles. The molecule has 1 unspecified atom stereocenters. The van der Waals surface area contributed by atoms with Gasteiger partial charge in [-0.25, -0.2) is 13.6 Å². The number of hydrogen-bond acceptors (Lipinski definition) is 4. The fourth-order valence-corrected chi connectivity index (χ4v) is 1.40. The second kappa shape index (κ2) is 6.31. The molecule has 1 aromatic carbocycles. The standard InChI is InChI=1S/C13H16F2N2O3/c1-6(2)17-12(18)7(3)20-13(19)8-4-10(15)11(16)5-9(8)14/h4-7H,16H2,1-3H3,(H,17,18). The Morgan fingerprint density at radius 3 is 2.35 bits per heavy atom. The second-order valence-electron chi connectivity index (χ2n) is 4.56. The summed E-state index contributed by atoms with van der Waals surface area (Å²) in [6.45, 7) is 4.81. The first-order valence-electron chi connectivity index (χ1n) is 5.98. The molecule has 0 aliphatic heterocycles. The molecule has 0 aromatic heterocycles. The van der Waals surface area contributed by atoms with Crippen molar-refractivity contribution in [3.05, 3.63) is 29.3 Å². The maximum absolute atomic E-state index is 13.5. The van der Waals surface area contributed by atoms with Gasteiger partial charge in [-0.2, -0.15) is 0 Å². The molecule has 0 aliphatic rings. The number of rotatable bonds is 4. The number of nitrogens with one attached hydrogen (secondary N) is 1. The van der Waals surface area contributed by atoms with Gasteiger partial charge in [0, 0.05) is 12.1 Å². The molecule has 3 N–H and O–H groups in total. The van der Waals surface area contributed by atoms with E-state index in [0.717, 1.165) is 0 Å². The number of esters is 1. The Morgan fingerprint density at radius 2 is 1.80 bits per heavy atom. The van der Waals surface area contributed by atoms with Crippen molar-refractivity contribution < 1.29 is 23.1 Å². The van der Waals surface area contributed by atoms with Crippen molar-refractivity contribution in [3.8, 4) is 0 Å². The molecule has 0 heterocycles. The predicted molar refractivity (Wildman–Crippen MR) is 68.9 cm³/mol. The first-order chi connectivity index (χ1) is 9.22. The summed E-state index contributed by atoms with van der Waals surface area (Å²) >= 11 is 0. The molecule has 1 atom stereocenters. The third-order valence-corrected chi connectivity index (χ3v) is 2.39. The summed E-state index contributed by atoms with van der Waals surface area (Å²) in [4.78, 5) is 23.2. The van der Waals surface area contributed by atoms with Gasteiger partial charge in [-0.3, -0.25) is 4.79 Å². The van der Waals surface area contributed by atoms with Crippen molar-refractivity contribution >= 4 is 17.6 Å². The van der Waals surface area contributed by atoms with Crippen LogP contribution in [0.5, 0.6) is 0 Å². The van der Waals surface area contributed by atoms with Gasteiger partial charge in [0.25, 0.3) is 5.91 Å². The zero-order chi connectivity index (χ0) is 15.4. The maximum atomic E-state index is 13.5. The Bertz CT molecular complexity index is 533. The average molecular weight is 286 g/mol. The van der Waals surface area contributed by atoms with E-state index in [1.165, 1.54) is 6.92 Å². The molecule has 20 heavy (non-hydrogen) atoms. The number of halogens is 2. The number of carbonyl (C=O) groups is 2. The lowest BCUT2D eigenvalue weighted by molar-refractivity contribution is -0.129. The number of ether oxygens (including phenoxy) is 1. The number of carbonyl (C=O) groups excluding carboxylic acids is 2. The van der Waals surface area contributed by atoms with Crippen LogP contribution in [0.4, 0.5) is 14.5 Å². The molecular weight excluding hydrogens is 270 g/mol. The third kappa shape index (κ3) is 3.91. The zero-order valence-electron chi connectivity index (χ0n) is 11.4. The molecule has 0 fully saturated rings. The number of anilines is 1. The SMILES string of the molecule is CC(C)NC(=O)C(C)OC(=O)c1cc(F)c(N)cc1F. The van der Waals surface area contributed by atoms with Crippen molar-refractivity contribution in [1.82, 2.24) is 5.32 Å². The van der Waals surface area contributed by atoms with E-state index in [4.69, 9.17) is 10.5 Å². The Balaban J connectivity index is 2.81. The topological polar surface area (TPSA) is 81.4 Å². The van der Waals surface area contributed by atoms with Gasteiger partial charge >= 0.3 is 5.97 Å². The van der Waals surface area contributed by atoms with Crippen LogP contribution in [-0.2, 0) is 9.53 Å². The van der Waals surface area contributed by atoms with Crippen LogP contribution < -0.4 is 11.1 Å². The van der Waals surface area contributed by atoms with E-state index < -0.39 is 40.9 Å². The van der Waals surface area contributed by atoms with Gasteiger partial charge in [-0.1, -0.05) is 0 Å². The first kappa shape index (κ1) is 15.9. The molecule has 7 heteroatoms. The Hall–Kier alpha value is -2.18. The van der Waals surface area contributed by atoms with Crippen LogP contribution >= 0.6 is 0 Å². The van der Waals surface area contributed by atoms with E-state index in [1.807, 2.05) is 0 Å². The van der Waals surface area contributed by atoms with Crippen molar-refractivity contribution in [2.45, 2.75) is 32.9 Å². The van der Waals surface area contributed by atoms with E-state index >= 15 is 0 Å². The maximum Gasteiger partial charge on any atom is 0.342 e. The molecule has 1 rings (SSSR count). The van der Waals surface area contributed by atoms with Crippen LogP contribution in [0.1, 0.15) is 31.1 Å². The number of benzene rings is 1. The van der Waals surface area contributed by atoms with Gasteiger partial charge in [0.15, 0.2) is 6.10 Å². The molecule has 5 nitrogen and oxygen atoms in total. The molecular formula is C13H16F2N2O3. The highest BCUT2D eigenvalue weighted by Gasteiger charge is 2.22. The lowest BCUT2D eigenvalue weighted by atomic mass is 10.2. The van der Waals surface area contributed by atoms with E-state index in [0.29, 0.717) is 12.1 Å². The fourth-order valence-electron chi connectivity index (χ4n) is 1.40. The van der Waals surface area contributed by atoms with Crippen LogP contribution in [0, 0.1) is 11.6 Å². The molecule has 0 saturated carbocycles. The summed E-state index contributed by atoms with van der Waals surface area (Å²) in [5.41, 5.74) is 4.14. The molecule has 1 amide bonds. The van der Waals surface area contributed by atoms with E-state index in [-0.39, 0.29) is 6.04 Å². The molecule has 1 aromatic rings. The highest BCUT2D eigenvalue weighted by atomic mass is 19.1. The van der Waals surface area contributed by atoms with Crippen molar-refractivity contribution in [3.63, 3.8) is 0 Å². The van der Waals surface area contributed by atoms with Crippen molar-refractivity contribution in [2.24, 2.45) is 0 Å². The predicted octanol–water partition coefficient (Wildman–Crippen LogP) is 1.62. The van der Waals surface area contributed by atoms with Crippen LogP contribution in [0.2, 0.25) is 0 Å². The van der Waals surface area contributed by atoms with Crippen molar-refractivity contribution in [2.75, 3.05) is 5.73 Å². The highest BCUT2D eigenvalue weighted by molar-refractivity contribution is 5.92. The van der Waals surface area contributed by atoms with E-state index in [1.54, 1.807) is 13.8 Å². The van der Waals surface area contributed by atoms with Gasteiger partial charge in [0.1, 0.15) is 11.6 Å². The van der Waals surface area contributed by atoms with Gasteiger partial charge in [0.2, 0.25) is 0 Å². The molecule has 0 radical (unpaired) electrons. The van der Waals surface area contributed by atoms with E-state index in [9.17, 15) is 18.4 Å². The minimum Gasteiger partial charge on any atom is -0.449 e. The number of amides is 1. The van der Waals surface area contributed by atoms with Crippen LogP contribution in [0.15, 0.2) is 12.1 Å². The zero-order valence-corrected chi connectivity index (χ0v) is 11.4. The smallest absolute Gasteiger partial charge is 0.342 e. The van der Waals surface area contributed by atoms with Gasteiger partial charge in [-0.05, 0) is 26.8 Å². The summed E-state index contributed by atoms with van der Waals surface area (Å²) in [6, 6.07) is 1.19. The van der Waals surface area contributed by atoms with Crippen LogP contribution in [0.3, 0.4) is 0 Å². The van der Waals surface area contributed by atoms with Gasteiger partial charge < -0.3 is 15.8 Å². The summed E-state index contributed by atoms with van der Waals surface area (Å²) in [7, 11) is 0. The lowest BCUT2D eigenvalue weighted by Crippen LogP contribution is -2.39. The first-order valence-corrected chi connectivity index (χ1v) is 5.98. The number of nitrogens with two attached hydrogens (primary N) is 1. The van der Waals surface area contributed by atoms with Crippen LogP contribution in [0.25, 0.3) is 0 Å².